The molecule has 15 heavy (non-hydrogen) atoms. The summed E-state index contributed by atoms with van der Waals surface area (Å²) in [5, 5.41) is 2.87. The molecule has 0 radical (unpaired) electrons. The summed E-state index contributed by atoms with van der Waals surface area (Å²) in [6.07, 6.45) is 3.42. The van der Waals surface area contributed by atoms with Crippen molar-refractivity contribution in [1.29, 1.82) is 0 Å². The molecule has 0 heteroatoms. The maximum absolute atomic E-state index is 2.31. The van der Waals surface area contributed by atoms with E-state index in [1.165, 1.54) is 33.0 Å². The molecule has 74 valence electrons. The lowest BCUT2D eigenvalue weighted by Crippen LogP contribution is -1.97. The zero-order valence-electron chi connectivity index (χ0n) is 9.17. The molecule has 0 spiro atoms. The summed E-state index contributed by atoms with van der Waals surface area (Å²) < 4.78 is 0. The molecule has 0 saturated carbocycles. The van der Waals surface area contributed by atoms with Crippen LogP contribution in [-0.2, 0) is 6.42 Å². The van der Waals surface area contributed by atoms with E-state index in [0.717, 1.165) is 6.42 Å². The Morgan fingerprint density at radius 3 is 2.73 bits per heavy atom. The van der Waals surface area contributed by atoms with E-state index in [1.807, 2.05) is 0 Å². The van der Waals surface area contributed by atoms with Crippen molar-refractivity contribution in [2.45, 2.75) is 20.3 Å². The van der Waals surface area contributed by atoms with Gasteiger partial charge in [-0.2, -0.15) is 0 Å². The molecular weight excluding hydrogens is 180 g/mol. The largest absolute Gasteiger partial charge is 0.0683 e. The molecule has 0 fully saturated rings. The molecule has 1 aliphatic carbocycles. The zero-order chi connectivity index (χ0) is 10.4. The van der Waals surface area contributed by atoms with Gasteiger partial charge in [-0.1, -0.05) is 42.0 Å². The first-order valence-corrected chi connectivity index (χ1v) is 5.44. The van der Waals surface area contributed by atoms with Crippen LogP contribution < -0.4 is 0 Å². The molecule has 0 aliphatic heterocycles. The van der Waals surface area contributed by atoms with Gasteiger partial charge in [0.2, 0.25) is 0 Å². The average molecular weight is 194 g/mol. The van der Waals surface area contributed by atoms with Gasteiger partial charge < -0.3 is 0 Å². The summed E-state index contributed by atoms with van der Waals surface area (Å²) >= 11 is 0. The van der Waals surface area contributed by atoms with Crippen molar-refractivity contribution < 1.29 is 0 Å². The van der Waals surface area contributed by atoms with Gasteiger partial charge in [0.15, 0.2) is 0 Å². The summed E-state index contributed by atoms with van der Waals surface area (Å²) in [5.74, 6) is 0. The van der Waals surface area contributed by atoms with Gasteiger partial charge in [0.1, 0.15) is 0 Å². The molecule has 0 nitrogen and oxygen atoms in total. The molecule has 2 aromatic rings. The number of allylic oxidation sites excluding steroid dienone is 1. The highest BCUT2D eigenvalue weighted by Crippen LogP contribution is 2.32. The van der Waals surface area contributed by atoms with E-state index in [0.29, 0.717) is 0 Å². The standard InChI is InChI=1S/C15H14/c1-10-8-12-4-3-5-14-11(2)6-7-13(9-10)15(12)14/h3-8H,9H2,1-2H3. The fourth-order valence-electron chi connectivity index (χ4n) is 2.54. The van der Waals surface area contributed by atoms with Gasteiger partial charge in [0.05, 0.1) is 0 Å². The second-order valence-corrected chi connectivity index (χ2v) is 4.48. The minimum absolute atomic E-state index is 1.10. The van der Waals surface area contributed by atoms with Gasteiger partial charge in [0.25, 0.3) is 0 Å². The molecule has 0 unspecified atom stereocenters. The van der Waals surface area contributed by atoms with Gasteiger partial charge >= 0.3 is 0 Å². The molecule has 0 heterocycles. The Labute approximate surface area is 90.2 Å². The summed E-state index contributed by atoms with van der Waals surface area (Å²) in [6, 6.07) is 11.1. The average Bonchev–Trinajstić information content (AvgIpc) is 2.23. The number of aryl methyl sites for hydroxylation is 1. The van der Waals surface area contributed by atoms with Crippen molar-refractivity contribution >= 4 is 16.8 Å². The van der Waals surface area contributed by atoms with Gasteiger partial charge in [-0.25, -0.2) is 0 Å². The normalized spacial score (nSPS) is 14.1. The minimum atomic E-state index is 1.10. The van der Waals surface area contributed by atoms with Crippen LogP contribution in [-0.4, -0.2) is 0 Å². The molecule has 0 amide bonds. The Hall–Kier alpha value is -1.56. The Kier molecular flexibility index (Phi) is 1.72. The van der Waals surface area contributed by atoms with E-state index in [4.69, 9.17) is 0 Å². The smallest absolute Gasteiger partial charge is 0.00602 e. The second kappa shape index (κ2) is 2.96. The maximum Gasteiger partial charge on any atom is -0.00602 e. The van der Waals surface area contributed by atoms with Crippen LogP contribution >= 0.6 is 0 Å². The quantitative estimate of drug-likeness (QED) is 0.592. The van der Waals surface area contributed by atoms with Crippen LogP contribution in [0.4, 0.5) is 0 Å². The summed E-state index contributed by atoms with van der Waals surface area (Å²) in [4.78, 5) is 0. The fourth-order valence-corrected chi connectivity index (χ4v) is 2.54. The van der Waals surface area contributed by atoms with Gasteiger partial charge in [-0.3, -0.25) is 0 Å². The number of hydrogen-bond donors (Lipinski definition) is 0. The first-order valence-electron chi connectivity index (χ1n) is 5.44. The molecule has 0 saturated heterocycles. The first-order chi connectivity index (χ1) is 7.25. The predicted octanol–water partition coefficient (Wildman–Crippen LogP) is 4.11. The highest BCUT2D eigenvalue weighted by molar-refractivity contribution is 5.97. The van der Waals surface area contributed by atoms with E-state index in [9.17, 15) is 0 Å². The third kappa shape index (κ3) is 1.21. The number of hydrogen-bond acceptors (Lipinski definition) is 0. The Balaban J connectivity index is 2.51. The van der Waals surface area contributed by atoms with E-state index in [-0.39, 0.29) is 0 Å². The van der Waals surface area contributed by atoms with E-state index >= 15 is 0 Å². The first kappa shape index (κ1) is 8.72. The van der Waals surface area contributed by atoms with Gasteiger partial charge in [-0.15, -0.1) is 0 Å². The van der Waals surface area contributed by atoms with Crippen LogP contribution in [0.5, 0.6) is 0 Å². The lowest BCUT2D eigenvalue weighted by Gasteiger charge is -2.16. The molecule has 1 aliphatic rings. The molecule has 3 rings (SSSR count). The van der Waals surface area contributed by atoms with Crippen molar-refractivity contribution in [3.05, 3.63) is 52.6 Å². The number of rotatable bonds is 0. The van der Waals surface area contributed by atoms with Crippen LogP contribution in [0.25, 0.3) is 16.8 Å². The third-order valence-corrected chi connectivity index (χ3v) is 3.25. The van der Waals surface area contributed by atoms with E-state index < -0.39 is 0 Å². The highest BCUT2D eigenvalue weighted by atomic mass is 14.2. The molecular formula is C15H14. The van der Waals surface area contributed by atoms with Crippen molar-refractivity contribution in [3.63, 3.8) is 0 Å². The van der Waals surface area contributed by atoms with Crippen molar-refractivity contribution in [1.82, 2.24) is 0 Å². The van der Waals surface area contributed by atoms with Crippen LogP contribution in [0.1, 0.15) is 23.6 Å². The molecule has 2 aromatic carbocycles. The topological polar surface area (TPSA) is 0 Å². The van der Waals surface area contributed by atoms with Gasteiger partial charge in [0, 0.05) is 0 Å². The predicted molar refractivity (Wildman–Crippen MR) is 66.0 cm³/mol. The van der Waals surface area contributed by atoms with Crippen LogP contribution in [0.2, 0.25) is 0 Å². The van der Waals surface area contributed by atoms with Crippen molar-refractivity contribution in [2.24, 2.45) is 0 Å². The Bertz CT molecular complexity index is 574. The fraction of sp³-hybridized carbons (Fsp3) is 0.200. The summed E-state index contributed by atoms with van der Waals surface area (Å²) in [5.41, 5.74) is 5.70. The van der Waals surface area contributed by atoms with Crippen molar-refractivity contribution in [3.8, 4) is 0 Å². The number of benzene rings is 2. The lowest BCUT2D eigenvalue weighted by molar-refractivity contribution is 1.16. The third-order valence-electron chi connectivity index (χ3n) is 3.25. The SMILES string of the molecule is CC1=Cc2cccc3c(C)ccc(c23)C1. The van der Waals surface area contributed by atoms with Gasteiger partial charge in [-0.05, 0) is 47.7 Å². The summed E-state index contributed by atoms with van der Waals surface area (Å²) in [7, 11) is 0. The monoisotopic (exact) mass is 194 g/mol. The molecule has 0 N–H and O–H groups in total. The summed E-state index contributed by atoms with van der Waals surface area (Å²) in [6.45, 7) is 4.40. The maximum atomic E-state index is 2.31. The van der Waals surface area contributed by atoms with Crippen LogP contribution in [0.15, 0.2) is 35.9 Å². The minimum Gasteiger partial charge on any atom is -0.0683 e. The second-order valence-electron chi connectivity index (χ2n) is 4.48. The molecule has 0 atom stereocenters. The van der Waals surface area contributed by atoms with E-state index in [2.05, 4.69) is 50.3 Å². The Morgan fingerprint density at radius 2 is 1.87 bits per heavy atom. The molecule has 0 bridgehead atoms. The Morgan fingerprint density at radius 1 is 1.00 bits per heavy atom. The van der Waals surface area contributed by atoms with Crippen LogP contribution in [0.3, 0.4) is 0 Å². The highest BCUT2D eigenvalue weighted by Gasteiger charge is 2.11. The van der Waals surface area contributed by atoms with Crippen LogP contribution in [0, 0.1) is 6.92 Å². The van der Waals surface area contributed by atoms with Crippen molar-refractivity contribution in [2.75, 3.05) is 0 Å². The van der Waals surface area contributed by atoms with E-state index in [1.54, 1.807) is 0 Å². The lowest BCUT2D eigenvalue weighted by atomic mass is 9.88. The molecule has 0 aromatic heterocycles. The zero-order valence-corrected chi connectivity index (χ0v) is 9.17.